The van der Waals surface area contributed by atoms with E-state index in [4.69, 9.17) is 9.84 Å². The van der Waals surface area contributed by atoms with Gasteiger partial charge in [0.2, 0.25) is 0 Å². The number of morpholine rings is 1. The monoisotopic (exact) mass is 488 g/mol. The Hall–Kier alpha value is -3.81. The van der Waals surface area contributed by atoms with E-state index in [0.717, 1.165) is 30.3 Å². The van der Waals surface area contributed by atoms with Gasteiger partial charge in [-0.05, 0) is 59.5 Å². The third-order valence-electron chi connectivity index (χ3n) is 6.09. The van der Waals surface area contributed by atoms with Crippen molar-refractivity contribution < 1.29 is 23.8 Å². The maximum atomic E-state index is 15.0. The molecule has 0 aromatic heterocycles. The van der Waals surface area contributed by atoms with Gasteiger partial charge in [-0.1, -0.05) is 42.0 Å². The molecule has 0 spiro atoms. The Morgan fingerprint density at radius 1 is 1.03 bits per heavy atom. The summed E-state index contributed by atoms with van der Waals surface area (Å²) >= 11 is 0. The molecule has 1 saturated heterocycles. The molecule has 6 nitrogen and oxygen atoms in total. The second-order valence-corrected chi connectivity index (χ2v) is 8.88. The van der Waals surface area contributed by atoms with Gasteiger partial charge in [0.15, 0.2) is 0 Å². The average Bonchev–Trinajstić information content (AvgIpc) is 2.88. The van der Waals surface area contributed by atoms with Gasteiger partial charge in [0.05, 0.1) is 13.2 Å². The largest absolute Gasteiger partial charge is 0.478 e. The smallest absolute Gasteiger partial charge is 0.328 e. The van der Waals surface area contributed by atoms with Crippen molar-refractivity contribution in [3.63, 3.8) is 0 Å². The SMILES string of the molecule is Cc1ccc(CNC(=O)c2cc(/C=C/C(=O)O)cc(-c3ccc(CN4CCOCC4)c(F)c3)c2)cc1. The zero-order chi connectivity index (χ0) is 25.5. The van der Waals surface area contributed by atoms with Crippen LogP contribution < -0.4 is 5.32 Å². The number of hydrogen-bond acceptors (Lipinski definition) is 4. The Bertz CT molecular complexity index is 1260. The summed E-state index contributed by atoms with van der Waals surface area (Å²) in [7, 11) is 0. The molecule has 0 aliphatic carbocycles. The Balaban J connectivity index is 1.58. The van der Waals surface area contributed by atoms with E-state index >= 15 is 4.39 Å². The summed E-state index contributed by atoms with van der Waals surface area (Å²) in [6.07, 6.45) is 2.44. The number of nitrogens with zero attached hydrogens (tertiary/aromatic N) is 1. The second kappa shape index (κ2) is 11.7. The first-order valence-electron chi connectivity index (χ1n) is 11.9. The number of ether oxygens (including phenoxy) is 1. The average molecular weight is 489 g/mol. The minimum atomic E-state index is -1.09. The van der Waals surface area contributed by atoms with Crippen molar-refractivity contribution in [2.45, 2.75) is 20.0 Å². The third kappa shape index (κ3) is 6.87. The number of benzene rings is 3. The van der Waals surface area contributed by atoms with Crippen LogP contribution in [0.4, 0.5) is 4.39 Å². The van der Waals surface area contributed by atoms with E-state index in [-0.39, 0.29) is 11.7 Å². The Kier molecular flexibility index (Phi) is 8.25. The number of carboxylic acid groups (broad SMARTS) is 1. The van der Waals surface area contributed by atoms with Crippen LogP contribution in [0.1, 0.15) is 32.6 Å². The number of carbonyl (C=O) groups excluding carboxylic acids is 1. The standard InChI is InChI=1S/C29H29FN2O4/c1-20-2-4-21(5-3-20)18-31-29(35)26-15-22(6-9-28(33)34)14-25(16-26)23-7-8-24(27(30)17-23)19-32-10-12-36-13-11-32/h2-9,14-17H,10-13,18-19H2,1H3,(H,31,35)(H,33,34)/b9-6+. The molecular weight excluding hydrogens is 459 g/mol. The molecule has 1 heterocycles. The molecule has 1 aliphatic heterocycles. The van der Waals surface area contributed by atoms with E-state index in [1.54, 1.807) is 24.3 Å². The van der Waals surface area contributed by atoms with Crippen LogP contribution in [0.3, 0.4) is 0 Å². The highest BCUT2D eigenvalue weighted by atomic mass is 19.1. The molecule has 0 atom stereocenters. The molecule has 4 rings (SSSR count). The fourth-order valence-electron chi connectivity index (χ4n) is 4.06. The molecule has 0 radical (unpaired) electrons. The van der Waals surface area contributed by atoms with Crippen molar-refractivity contribution in [1.82, 2.24) is 10.2 Å². The molecule has 0 saturated carbocycles. The van der Waals surface area contributed by atoms with Crippen LogP contribution in [0.2, 0.25) is 0 Å². The molecule has 1 aliphatic rings. The normalized spacial score (nSPS) is 14.2. The van der Waals surface area contributed by atoms with E-state index in [1.165, 1.54) is 12.1 Å². The summed E-state index contributed by atoms with van der Waals surface area (Å²) in [6.45, 7) is 5.67. The maximum Gasteiger partial charge on any atom is 0.328 e. The van der Waals surface area contributed by atoms with Crippen molar-refractivity contribution in [2.24, 2.45) is 0 Å². The highest BCUT2D eigenvalue weighted by molar-refractivity contribution is 5.96. The lowest BCUT2D eigenvalue weighted by Gasteiger charge is -2.26. The van der Waals surface area contributed by atoms with E-state index < -0.39 is 5.97 Å². The fourth-order valence-corrected chi connectivity index (χ4v) is 4.06. The highest BCUT2D eigenvalue weighted by Crippen LogP contribution is 2.26. The number of nitrogens with one attached hydrogen (secondary N) is 1. The van der Waals surface area contributed by atoms with Crippen LogP contribution >= 0.6 is 0 Å². The van der Waals surface area contributed by atoms with E-state index in [0.29, 0.717) is 54.1 Å². The molecule has 0 bridgehead atoms. The number of carboxylic acids is 1. The van der Waals surface area contributed by atoms with Gasteiger partial charge < -0.3 is 15.2 Å². The predicted molar refractivity (Wildman–Crippen MR) is 137 cm³/mol. The number of aryl methyl sites for hydroxylation is 1. The third-order valence-corrected chi connectivity index (χ3v) is 6.09. The first-order chi connectivity index (χ1) is 17.4. The van der Waals surface area contributed by atoms with Crippen molar-refractivity contribution in [3.8, 4) is 11.1 Å². The number of aliphatic carboxylic acids is 1. The van der Waals surface area contributed by atoms with Crippen LogP contribution in [0.5, 0.6) is 0 Å². The Morgan fingerprint density at radius 2 is 1.78 bits per heavy atom. The first kappa shape index (κ1) is 25.3. The van der Waals surface area contributed by atoms with Gasteiger partial charge in [-0.3, -0.25) is 9.69 Å². The fraction of sp³-hybridized carbons (Fsp3) is 0.241. The lowest BCUT2D eigenvalue weighted by atomic mass is 9.97. The van der Waals surface area contributed by atoms with E-state index in [2.05, 4.69) is 10.2 Å². The van der Waals surface area contributed by atoms with E-state index in [9.17, 15) is 9.59 Å². The summed E-state index contributed by atoms with van der Waals surface area (Å²) in [6, 6.07) is 18.0. The Morgan fingerprint density at radius 3 is 2.47 bits per heavy atom. The van der Waals surface area contributed by atoms with Crippen molar-refractivity contribution >= 4 is 18.0 Å². The first-order valence-corrected chi connectivity index (χ1v) is 11.9. The van der Waals surface area contributed by atoms with Gasteiger partial charge in [0, 0.05) is 43.4 Å². The number of hydrogen-bond donors (Lipinski definition) is 2. The second-order valence-electron chi connectivity index (χ2n) is 8.88. The molecular formula is C29H29FN2O4. The molecule has 1 amide bonds. The van der Waals surface area contributed by atoms with Gasteiger partial charge in [-0.25, -0.2) is 9.18 Å². The number of rotatable bonds is 8. The zero-order valence-corrected chi connectivity index (χ0v) is 20.2. The van der Waals surface area contributed by atoms with Crippen molar-refractivity contribution in [2.75, 3.05) is 26.3 Å². The van der Waals surface area contributed by atoms with Crippen LogP contribution in [0, 0.1) is 12.7 Å². The molecule has 1 fully saturated rings. The van der Waals surface area contributed by atoms with Gasteiger partial charge in [0.1, 0.15) is 5.82 Å². The van der Waals surface area contributed by atoms with Crippen LogP contribution in [-0.4, -0.2) is 48.2 Å². The highest BCUT2D eigenvalue weighted by Gasteiger charge is 2.15. The number of amides is 1. The zero-order valence-electron chi connectivity index (χ0n) is 20.2. The van der Waals surface area contributed by atoms with Gasteiger partial charge in [-0.15, -0.1) is 0 Å². The topological polar surface area (TPSA) is 78.9 Å². The minimum absolute atomic E-state index is 0.299. The van der Waals surface area contributed by atoms with E-state index in [1.807, 2.05) is 37.3 Å². The lowest BCUT2D eigenvalue weighted by Crippen LogP contribution is -2.35. The summed E-state index contributed by atoms with van der Waals surface area (Å²) in [5.41, 5.74) is 4.83. The van der Waals surface area contributed by atoms with Crippen LogP contribution in [0.25, 0.3) is 17.2 Å². The maximum absolute atomic E-state index is 15.0. The van der Waals surface area contributed by atoms with Crippen LogP contribution in [-0.2, 0) is 22.6 Å². The molecule has 36 heavy (non-hydrogen) atoms. The molecule has 3 aromatic rings. The van der Waals surface area contributed by atoms with Gasteiger partial charge in [-0.2, -0.15) is 0 Å². The molecule has 186 valence electrons. The van der Waals surface area contributed by atoms with Gasteiger partial charge >= 0.3 is 5.97 Å². The summed E-state index contributed by atoms with van der Waals surface area (Å²) in [5, 5.41) is 11.9. The summed E-state index contributed by atoms with van der Waals surface area (Å²) in [5.74, 6) is -1.72. The van der Waals surface area contributed by atoms with Crippen LogP contribution in [0.15, 0.2) is 66.7 Å². The molecule has 3 aromatic carbocycles. The molecule has 7 heteroatoms. The molecule has 0 unspecified atom stereocenters. The quantitative estimate of drug-likeness (QED) is 0.451. The molecule has 2 N–H and O–H groups in total. The number of halogens is 1. The number of carbonyl (C=O) groups is 2. The van der Waals surface area contributed by atoms with Crippen molar-refractivity contribution in [3.05, 3.63) is 100 Å². The summed E-state index contributed by atoms with van der Waals surface area (Å²) < 4.78 is 20.4. The van der Waals surface area contributed by atoms with Crippen molar-refractivity contribution in [1.29, 1.82) is 0 Å². The predicted octanol–water partition coefficient (Wildman–Crippen LogP) is 4.66. The minimum Gasteiger partial charge on any atom is -0.478 e. The summed E-state index contributed by atoms with van der Waals surface area (Å²) in [4.78, 5) is 26.2. The van der Waals surface area contributed by atoms with Gasteiger partial charge in [0.25, 0.3) is 5.91 Å². The lowest BCUT2D eigenvalue weighted by molar-refractivity contribution is -0.131. The Labute approximate surface area is 210 Å².